The Morgan fingerprint density at radius 1 is 1.31 bits per heavy atom. The fraction of sp³-hybridized carbons (Fsp3) is 0.417. The van der Waals surface area contributed by atoms with E-state index in [1.54, 1.807) is 0 Å². The predicted molar refractivity (Wildman–Crippen MR) is 64.7 cm³/mol. The third-order valence-electron chi connectivity index (χ3n) is 2.49. The maximum absolute atomic E-state index is 10.7. The highest BCUT2D eigenvalue weighted by molar-refractivity contribution is 5.79. The molecule has 1 rings (SSSR count). The van der Waals surface area contributed by atoms with Gasteiger partial charge in [0.25, 0.3) is 0 Å². The number of amides is 1. The molecule has 4 heteroatoms. The second kappa shape index (κ2) is 6.25. The molecule has 4 nitrogen and oxygen atoms in total. The molecule has 16 heavy (non-hydrogen) atoms. The van der Waals surface area contributed by atoms with Gasteiger partial charge in [-0.25, -0.2) is 0 Å². The van der Waals surface area contributed by atoms with Crippen LogP contribution in [0.25, 0.3) is 0 Å². The molecule has 0 radical (unpaired) electrons. The standard InChI is InChI=1S/C12H19N3O/c1-2-9-3-5-10(6-4-9)7-15-8-11(13)12(14)16/h3-6,11,15H,2,7-8,13H2,1H3,(H2,14,16). The van der Waals surface area contributed by atoms with Crippen molar-refractivity contribution in [1.29, 1.82) is 0 Å². The van der Waals surface area contributed by atoms with Crippen molar-refractivity contribution in [1.82, 2.24) is 5.32 Å². The molecule has 5 N–H and O–H groups in total. The largest absolute Gasteiger partial charge is 0.368 e. The summed E-state index contributed by atoms with van der Waals surface area (Å²) in [6, 6.07) is 7.73. The molecule has 0 heterocycles. The molecular weight excluding hydrogens is 202 g/mol. The summed E-state index contributed by atoms with van der Waals surface area (Å²) in [6.07, 6.45) is 1.04. The van der Waals surface area contributed by atoms with Crippen molar-refractivity contribution in [2.75, 3.05) is 6.54 Å². The second-order valence-corrected chi connectivity index (χ2v) is 3.81. The van der Waals surface area contributed by atoms with E-state index >= 15 is 0 Å². The van der Waals surface area contributed by atoms with Crippen molar-refractivity contribution >= 4 is 5.91 Å². The summed E-state index contributed by atoms with van der Waals surface area (Å²) >= 11 is 0. The molecular formula is C12H19N3O. The summed E-state index contributed by atoms with van der Waals surface area (Å²) in [6.45, 7) is 3.23. The van der Waals surface area contributed by atoms with Gasteiger partial charge < -0.3 is 16.8 Å². The highest BCUT2D eigenvalue weighted by Gasteiger charge is 2.07. The van der Waals surface area contributed by atoms with E-state index in [0.717, 1.165) is 6.42 Å². The van der Waals surface area contributed by atoms with Gasteiger partial charge in [0.2, 0.25) is 5.91 Å². The van der Waals surface area contributed by atoms with Crippen molar-refractivity contribution < 1.29 is 4.79 Å². The average molecular weight is 221 g/mol. The Morgan fingerprint density at radius 3 is 2.38 bits per heavy atom. The van der Waals surface area contributed by atoms with Crippen LogP contribution in [0, 0.1) is 0 Å². The van der Waals surface area contributed by atoms with Crippen LogP contribution >= 0.6 is 0 Å². The number of primary amides is 1. The van der Waals surface area contributed by atoms with Crippen molar-refractivity contribution in [3.8, 4) is 0 Å². The van der Waals surface area contributed by atoms with E-state index in [0.29, 0.717) is 13.1 Å². The van der Waals surface area contributed by atoms with Crippen molar-refractivity contribution in [2.45, 2.75) is 25.9 Å². The van der Waals surface area contributed by atoms with Gasteiger partial charge in [-0.2, -0.15) is 0 Å². The zero-order valence-corrected chi connectivity index (χ0v) is 9.57. The normalized spacial score (nSPS) is 12.4. The Balaban J connectivity index is 2.34. The lowest BCUT2D eigenvalue weighted by Crippen LogP contribution is -2.44. The monoisotopic (exact) mass is 221 g/mol. The van der Waals surface area contributed by atoms with E-state index < -0.39 is 11.9 Å². The highest BCUT2D eigenvalue weighted by atomic mass is 16.1. The first kappa shape index (κ1) is 12.7. The number of benzene rings is 1. The van der Waals surface area contributed by atoms with Crippen LogP contribution in [-0.2, 0) is 17.8 Å². The molecule has 1 aromatic rings. The zero-order chi connectivity index (χ0) is 12.0. The molecule has 0 saturated carbocycles. The first-order valence-corrected chi connectivity index (χ1v) is 5.47. The van der Waals surface area contributed by atoms with E-state index in [-0.39, 0.29) is 0 Å². The molecule has 1 atom stereocenters. The molecule has 1 aromatic carbocycles. The third kappa shape index (κ3) is 4.00. The lowest BCUT2D eigenvalue weighted by atomic mass is 10.1. The van der Waals surface area contributed by atoms with Crippen LogP contribution in [0.15, 0.2) is 24.3 Å². The van der Waals surface area contributed by atoms with E-state index in [1.807, 2.05) is 0 Å². The molecule has 88 valence electrons. The molecule has 0 aliphatic carbocycles. The van der Waals surface area contributed by atoms with Crippen molar-refractivity contribution in [2.24, 2.45) is 11.5 Å². The molecule has 0 aliphatic rings. The SMILES string of the molecule is CCc1ccc(CNCC(N)C(N)=O)cc1. The summed E-state index contributed by atoms with van der Waals surface area (Å²) in [7, 11) is 0. The number of nitrogens with two attached hydrogens (primary N) is 2. The van der Waals surface area contributed by atoms with Gasteiger partial charge in [0.15, 0.2) is 0 Å². The zero-order valence-electron chi connectivity index (χ0n) is 9.57. The van der Waals surface area contributed by atoms with Crippen molar-refractivity contribution in [3.63, 3.8) is 0 Å². The quantitative estimate of drug-likeness (QED) is 0.639. The lowest BCUT2D eigenvalue weighted by molar-refractivity contribution is -0.119. The molecule has 0 saturated heterocycles. The van der Waals surface area contributed by atoms with Gasteiger partial charge >= 0.3 is 0 Å². The minimum atomic E-state index is -0.616. The summed E-state index contributed by atoms with van der Waals surface area (Å²) in [5, 5.41) is 3.09. The number of rotatable bonds is 6. The maximum atomic E-state index is 10.7. The highest BCUT2D eigenvalue weighted by Crippen LogP contribution is 2.04. The van der Waals surface area contributed by atoms with Gasteiger partial charge in [0.1, 0.15) is 0 Å². The molecule has 0 fully saturated rings. The fourth-order valence-corrected chi connectivity index (χ4v) is 1.37. The number of hydrogen-bond acceptors (Lipinski definition) is 3. The Hall–Kier alpha value is -1.39. The van der Waals surface area contributed by atoms with Gasteiger partial charge in [-0.15, -0.1) is 0 Å². The molecule has 0 aromatic heterocycles. The summed E-state index contributed by atoms with van der Waals surface area (Å²) in [5.41, 5.74) is 13.0. The van der Waals surface area contributed by atoms with Crippen LogP contribution < -0.4 is 16.8 Å². The summed E-state index contributed by atoms with van der Waals surface area (Å²) < 4.78 is 0. The summed E-state index contributed by atoms with van der Waals surface area (Å²) in [4.78, 5) is 10.7. The average Bonchev–Trinajstić information content (AvgIpc) is 2.29. The number of aryl methyl sites for hydroxylation is 1. The smallest absolute Gasteiger partial charge is 0.235 e. The fourth-order valence-electron chi connectivity index (χ4n) is 1.37. The van der Waals surface area contributed by atoms with Crippen LogP contribution in [0.4, 0.5) is 0 Å². The van der Waals surface area contributed by atoms with Gasteiger partial charge in [0.05, 0.1) is 6.04 Å². The predicted octanol–water partition coefficient (Wildman–Crippen LogP) is 0.151. The second-order valence-electron chi connectivity index (χ2n) is 3.81. The third-order valence-corrected chi connectivity index (χ3v) is 2.49. The van der Waals surface area contributed by atoms with E-state index in [2.05, 4.69) is 36.5 Å². The Morgan fingerprint density at radius 2 is 1.88 bits per heavy atom. The lowest BCUT2D eigenvalue weighted by Gasteiger charge is -2.09. The number of nitrogens with one attached hydrogen (secondary N) is 1. The Kier molecular flexibility index (Phi) is 4.95. The molecule has 0 spiro atoms. The molecule has 0 bridgehead atoms. The van der Waals surface area contributed by atoms with Gasteiger partial charge in [0, 0.05) is 13.1 Å². The number of hydrogen-bond donors (Lipinski definition) is 3. The first-order chi connectivity index (χ1) is 7.63. The van der Waals surface area contributed by atoms with Crippen LogP contribution in [0.2, 0.25) is 0 Å². The number of carbonyl (C=O) groups is 1. The minimum absolute atomic E-state index is 0.408. The maximum Gasteiger partial charge on any atom is 0.235 e. The summed E-state index contributed by atoms with van der Waals surface area (Å²) in [5.74, 6) is -0.478. The van der Waals surface area contributed by atoms with Crippen molar-refractivity contribution in [3.05, 3.63) is 35.4 Å². The first-order valence-electron chi connectivity index (χ1n) is 5.47. The Bertz CT molecular complexity index is 335. The van der Waals surface area contributed by atoms with E-state index in [9.17, 15) is 4.79 Å². The van der Waals surface area contributed by atoms with E-state index in [1.165, 1.54) is 11.1 Å². The Labute approximate surface area is 96.0 Å². The number of carbonyl (C=O) groups excluding carboxylic acids is 1. The molecule has 1 unspecified atom stereocenters. The van der Waals surface area contributed by atoms with Crippen LogP contribution in [-0.4, -0.2) is 18.5 Å². The molecule has 1 amide bonds. The van der Waals surface area contributed by atoms with Gasteiger partial charge in [-0.3, -0.25) is 4.79 Å². The van der Waals surface area contributed by atoms with Crippen LogP contribution in [0.3, 0.4) is 0 Å². The molecule has 0 aliphatic heterocycles. The topological polar surface area (TPSA) is 81.1 Å². The minimum Gasteiger partial charge on any atom is -0.368 e. The van der Waals surface area contributed by atoms with Crippen LogP contribution in [0.5, 0.6) is 0 Å². The van der Waals surface area contributed by atoms with Gasteiger partial charge in [-0.1, -0.05) is 31.2 Å². The van der Waals surface area contributed by atoms with Crippen LogP contribution in [0.1, 0.15) is 18.1 Å². The van der Waals surface area contributed by atoms with E-state index in [4.69, 9.17) is 11.5 Å². The van der Waals surface area contributed by atoms with Gasteiger partial charge in [-0.05, 0) is 17.5 Å².